The predicted octanol–water partition coefficient (Wildman–Crippen LogP) is 4.29. The van der Waals surface area contributed by atoms with Crippen LogP contribution in [0, 0.1) is 12.7 Å². The first kappa shape index (κ1) is 21.8. The first-order valence-electron chi connectivity index (χ1n) is 11.6. The Balaban J connectivity index is 1.83. The fourth-order valence-corrected chi connectivity index (χ4v) is 5.49. The first-order chi connectivity index (χ1) is 15.9. The lowest BCUT2D eigenvalue weighted by molar-refractivity contribution is -0.148. The fraction of sp³-hybridized carbons (Fsp3) is 0.423. The van der Waals surface area contributed by atoms with E-state index in [4.69, 9.17) is 9.72 Å². The van der Waals surface area contributed by atoms with E-state index in [1.165, 1.54) is 6.07 Å². The average Bonchev–Trinajstić information content (AvgIpc) is 2.81. The van der Waals surface area contributed by atoms with Gasteiger partial charge in [0.05, 0.1) is 28.4 Å². The van der Waals surface area contributed by atoms with Crippen molar-refractivity contribution < 1.29 is 13.9 Å². The van der Waals surface area contributed by atoms with Crippen molar-refractivity contribution in [3.8, 4) is 11.4 Å². The quantitative estimate of drug-likeness (QED) is 0.602. The summed E-state index contributed by atoms with van der Waals surface area (Å²) < 4.78 is 21.7. The lowest BCUT2D eigenvalue weighted by atomic mass is 9.84. The molecule has 1 aromatic carbocycles. The number of hydrogen-bond acceptors (Lipinski definition) is 5. The molecule has 0 radical (unpaired) electrons. The van der Waals surface area contributed by atoms with Crippen LogP contribution in [0.4, 0.5) is 4.39 Å². The number of pyridine rings is 2. The van der Waals surface area contributed by atoms with Crippen LogP contribution in [0.5, 0.6) is 0 Å². The fourth-order valence-electron chi connectivity index (χ4n) is 5.49. The van der Waals surface area contributed by atoms with Crippen molar-refractivity contribution in [3.05, 3.63) is 62.2 Å². The molecular formula is C26H28FN3O3. The molecule has 0 spiro atoms. The summed E-state index contributed by atoms with van der Waals surface area (Å²) in [5.74, 6) is -1.03. The zero-order chi connectivity index (χ0) is 23.4. The Bertz CT molecular complexity index is 1360. The number of fused-ring (bicyclic) bond motifs is 1. The van der Waals surface area contributed by atoms with Crippen molar-refractivity contribution in [1.29, 1.82) is 0 Å². The minimum Gasteiger partial charge on any atom is -0.460 e. The van der Waals surface area contributed by atoms with E-state index in [1.54, 1.807) is 4.57 Å². The van der Waals surface area contributed by atoms with Gasteiger partial charge < -0.3 is 14.6 Å². The highest BCUT2D eigenvalue weighted by molar-refractivity contribution is 5.90. The van der Waals surface area contributed by atoms with Crippen molar-refractivity contribution in [2.45, 2.75) is 65.1 Å². The number of aryl methyl sites for hydroxylation is 1. The van der Waals surface area contributed by atoms with Crippen LogP contribution in [0.1, 0.15) is 66.5 Å². The number of esters is 1. The largest absolute Gasteiger partial charge is 0.460 e. The summed E-state index contributed by atoms with van der Waals surface area (Å²) in [5, 5.41) is 4.38. The Hall–Kier alpha value is -3.06. The second-order valence-corrected chi connectivity index (χ2v) is 8.91. The number of rotatable bonds is 4. The van der Waals surface area contributed by atoms with Crippen LogP contribution < -0.4 is 10.9 Å². The van der Waals surface area contributed by atoms with E-state index in [9.17, 15) is 14.0 Å². The van der Waals surface area contributed by atoms with E-state index < -0.39 is 5.92 Å². The molecule has 6 nitrogen and oxygen atoms in total. The number of ether oxygens (including phenoxy) is 1. The summed E-state index contributed by atoms with van der Waals surface area (Å²) in [4.78, 5) is 30.6. The second kappa shape index (κ2) is 8.06. The van der Waals surface area contributed by atoms with Gasteiger partial charge in [0.25, 0.3) is 5.56 Å². The molecule has 2 aromatic heterocycles. The highest BCUT2D eigenvalue weighted by Gasteiger charge is 2.32. The van der Waals surface area contributed by atoms with Crippen molar-refractivity contribution in [2.24, 2.45) is 0 Å². The molecule has 3 heterocycles. The molecule has 5 rings (SSSR count). The Labute approximate surface area is 191 Å². The standard InChI is InChI=1S/C26H28FN3O3/c1-5-14-16-10-23(30(6-2)25(31)18(16)12-33-26(14)32)21-9-17-20(28-4)8-7-15-13(3)19(27)11-22(29-21)24(15)17/h9-11,14,20,28H,5-8,12H2,1-4H3. The average molecular weight is 450 g/mol. The van der Waals surface area contributed by atoms with Crippen molar-refractivity contribution in [1.82, 2.24) is 14.9 Å². The van der Waals surface area contributed by atoms with Crippen LogP contribution in [0.15, 0.2) is 23.0 Å². The lowest BCUT2D eigenvalue weighted by Crippen LogP contribution is -2.33. The smallest absolute Gasteiger partial charge is 0.313 e. The SMILES string of the molecule is CCC1C(=O)OCc2c1cc(-c1cc3c4c(c(C)c(F)cc4n1)CCC3NC)n(CC)c2=O. The lowest BCUT2D eigenvalue weighted by Gasteiger charge is -2.28. The summed E-state index contributed by atoms with van der Waals surface area (Å²) in [6, 6.07) is 5.56. The molecule has 1 aliphatic heterocycles. The molecule has 3 aromatic rings. The van der Waals surface area contributed by atoms with Crippen molar-refractivity contribution in [3.63, 3.8) is 0 Å². The van der Waals surface area contributed by atoms with Gasteiger partial charge in [0, 0.05) is 24.0 Å². The summed E-state index contributed by atoms with van der Waals surface area (Å²) >= 11 is 0. The van der Waals surface area contributed by atoms with Crippen LogP contribution in [-0.4, -0.2) is 22.6 Å². The Kier molecular flexibility index (Phi) is 5.32. The molecular weight excluding hydrogens is 421 g/mol. The van der Waals surface area contributed by atoms with Gasteiger partial charge in [-0.15, -0.1) is 0 Å². The van der Waals surface area contributed by atoms with Crippen LogP contribution in [0.3, 0.4) is 0 Å². The normalized spacial score (nSPS) is 19.5. The van der Waals surface area contributed by atoms with Crippen LogP contribution in [0.2, 0.25) is 0 Å². The number of nitrogens with one attached hydrogen (secondary N) is 1. The van der Waals surface area contributed by atoms with Crippen LogP contribution in [0.25, 0.3) is 22.3 Å². The monoisotopic (exact) mass is 449 g/mol. The summed E-state index contributed by atoms with van der Waals surface area (Å²) in [6.45, 7) is 6.09. The van der Waals surface area contributed by atoms with E-state index in [-0.39, 0.29) is 30.0 Å². The molecule has 1 N–H and O–H groups in total. The molecule has 0 amide bonds. The molecule has 172 valence electrons. The van der Waals surface area contributed by atoms with Crippen LogP contribution >= 0.6 is 0 Å². The predicted molar refractivity (Wildman–Crippen MR) is 125 cm³/mol. The minimum absolute atomic E-state index is 0.00411. The summed E-state index contributed by atoms with van der Waals surface area (Å²) in [7, 11) is 1.93. The molecule has 1 aliphatic carbocycles. The van der Waals surface area contributed by atoms with Gasteiger partial charge in [0.1, 0.15) is 12.4 Å². The number of carbonyl (C=O) groups excluding carboxylic acids is 1. The van der Waals surface area contributed by atoms with E-state index in [2.05, 4.69) is 5.32 Å². The van der Waals surface area contributed by atoms with E-state index in [1.807, 2.05) is 40.0 Å². The number of benzene rings is 1. The Morgan fingerprint density at radius 3 is 2.67 bits per heavy atom. The molecule has 0 bridgehead atoms. The highest BCUT2D eigenvalue weighted by Crippen LogP contribution is 2.40. The van der Waals surface area contributed by atoms with E-state index >= 15 is 0 Å². The summed E-state index contributed by atoms with van der Waals surface area (Å²) in [5.41, 5.74) is 5.71. The number of cyclic esters (lactones) is 1. The number of hydrogen-bond donors (Lipinski definition) is 1. The molecule has 0 saturated carbocycles. The maximum Gasteiger partial charge on any atom is 0.313 e. The number of aromatic nitrogens is 2. The van der Waals surface area contributed by atoms with Gasteiger partial charge in [-0.3, -0.25) is 9.59 Å². The van der Waals surface area contributed by atoms with Gasteiger partial charge in [-0.05, 0) is 74.5 Å². The van der Waals surface area contributed by atoms with Crippen LogP contribution in [-0.2, 0) is 29.1 Å². The number of carbonyl (C=O) groups is 1. The molecule has 0 saturated heterocycles. The molecule has 7 heteroatoms. The second-order valence-electron chi connectivity index (χ2n) is 8.91. The Morgan fingerprint density at radius 1 is 1.18 bits per heavy atom. The minimum atomic E-state index is -0.470. The molecule has 2 aliphatic rings. The third kappa shape index (κ3) is 3.21. The third-order valence-electron chi connectivity index (χ3n) is 7.30. The van der Waals surface area contributed by atoms with Gasteiger partial charge in [-0.2, -0.15) is 0 Å². The van der Waals surface area contributed by atoms with E-state index in [0.717, 1.165) is 34.9 Å². The number of halogens is 1. The molecule has 2 unspecified atom stereocenters. The third-order valence-corrected chi connectivity index (χ3v) is 7.30. The van der Waals surface area contributed by atoms with Gasteiger partial charge in [-0.1, -0.05) is 6.92 Å². The first-order valence-corrected chi connectivity index (χ1v) is 11.6. The Morgan fingerprint density at radius 2 is 1.97 bits per heavy atom. The van der Waals surface area contributed by atoms with Gasteiger partial charge in [0.2, 0.25) is 0 Å². The van der Waals surface area contributed by atoms with Crippen molar-refractivity contribution >= 4 is 16.9 Å². The zero-order valence-electron chi connectivity index (χ0n) is 19.4. The van der Waals surface area contributed by atoms with Gasteiger partial charge in [0.15, 0.2) is 0 Å². The maximum atomic E-state index is 14.8. The maximum absolute atomic E-state index is 14.8. The molecule has 2 atom stereocenters. The van der Waals surface area contributed by atoms with Gasteiger partial charge in [-0.25, -0.2) is 9.37 Å². The molecule has 0 fully saturated rings. The summed E-state index contributed by atoms with van der Waals surface area (Å²) in [6.07, 6.45) is 2.20. The number of nitrogens with zero attached hydrogens (tertiary/aromatic N) is 2. The van der Waals surface area contributed by atoms with Gasteiger partial charge >= 0.3 is 5.97 Å². The van der Waals surface area contributed by atoms with Crippen molar-refractivity contribution in [2.75, 3.05) is 7.05 Å². The highest BCUT2D eigenvalue weighted by atomic mass is 19.1. The molecule has 33 heavy (non-hydrogen) atoms. The topological polar surface area (TPSA) is 73.2 Å². The zero-order valence-corrected chi connectivity index (χ0v) is 19.4. The van der Waals surface area contributed by atoms with E-state index in [0.29, 0.717) is 41.0 Å².